The molecular formula is C22H34B2O6. The van der Waals surface area contributed by atoms with Crippen LogP contribution in [0.3, 0.4) is 0 Å². The lowest BCUT2D eigenvalue weighted by Gasteiger charge is -2.32. The molecular weight excluding hydrogens is 382 g/mol. The standard InChI is InChI=1S/2C11H17BO3/c2*1-8-6-7-9(13-8)12-14-10(2,3)11(4,5)15-12/h2*6-7H,1-5H3. The molecule has 2 aromatic heterocycles. The molecule has 2 saturated heterocycles. The van der Waals surface area contributed by atoms with Crippen LogP contribution in [0.4, 0.5) is 0 Å². The van der Waals surface area contributed by atoms with Gasteiger partial charge in [-0.25, -0.2) is 0 Å². The number of furan rings is 2. The number of aryl methyl sites for hydroxylation is 2. The molecule has 0 aromatic carbocycles. The Morgan fingerprint density at radius 2 is 0.767 bits per heavy atom. The Kier molecular flexibility index (Phi) is 5.87. The molecule has 0 spiro atoms. The highest BCUT2D eigenvalue weighted by Gasteiger charge is 2.54. The minimum Gasteiger partial charge on any atom is -0.470 e. The van der Waals surface area contributed by atoms with Crippen molar-refractivity contribution in [2.45, 2.75) is 91.6 Å². The highest BCUT2D eigenvalue weighted by Crippen LogP contribution is 2.37. The van der Waals surface area contributed by atoms with Crippen LogP contribution in [-0.4, -0.2) is 36.6 Å². The van der Waals surface area contributed by atoms with Crippen LogP contribution >= 0.6 is 0 Å². The van der Waals surface area contributed by atoms with Gasteiger partial charge in [-0.2, -0.15) is 0 Å². The first-order chi connectivity index (χ1) is 13.6. The molecule has 164 valence electrons. The molecule has 4 heterocycles. The molecule has 0 atom stereocenters. The van der Waals surface area contributed by atoms with E-state index in [0.717, 1.165) is 22.8 Å². The van der Waals surface area contributed by atoms with E-state index in [2.05, 4.69) is 0 Å². The van der Waals surface area contributed by atoms with E-state index in [0.29, 0.717) is 0 Å². The SMILES string of the molecule is Cc1ccc(B2OC(C)(C)C(C)(C)O2)o1.Cc1ccc(B2OC(C)(C)C(C)(C)O2)o1. The summed E-state index contributed by atoms with van der Waals surface area (Å²) in [5.41, 5.74) is 0.255. The fraction of sp³-hybridized carbons (Fsp3) is 0.636. The van der Waals surface area contributed by atoms with E-state index in [9.17, 15) is 0 Å². The maximum Gasteiger partial charge on any atom is 0.532 e. The summed E-state index contributed by atoms with van der Waals surface area (Å²) in [5.74, 6) is 1.75. The molecule has 0 aliphatic carbocycles. The molecule has 8 heteroatoms. The molecule has 4 rings (SSSR count). The van der Waals surface area contributed by atoms with E-state index >= 15 is 0 Å². The van der Waals surface area contributed by atoms with Crippen LogP contribution < -0.4 is 11.3 Å². The van der Waals surface area contributed by atoms with Crippen molar-refractivity contribution in [3.05, 3.63) is 35.8 Å². The van der Waals surface area contributed by atoms with Crippen molar-refractivity contribution in [3.63, 3.8) is 0 Å². The van der Waals surface area contributed by atoms with Crippen molar-refractivity contribution in [2.24, 2.45) is 0 Å². The highest BCUT2D eigenvalue weighted by atomic mass is 16.7. The van der Waals surface area contributed by atoms with Gasteiger partial charge >= 0.3 is 14.2 Å². The summed E-state index contributed by atoms with van der Waals surface area (Å²) >= 11 is 0. The fourth-order valence-corrected chi connectivity index (χ4v) is 3.08. The summed E-state index contributed by atoms with van der Waals surface area (Å²) in [6.07, 6.45) is 0. The topological polar surface area (TPSA) is 63.2 Å². The Balaban J connectivity index is 0.000000171. The molecule has 30 heavy (non-hydrogen) atoms. The minimum absolute atomic E-state index is 0.307. The Bertz CT molecular complexity index is 776. The summed E-state index contributed by atoms with van der Waals surface area (Å²) in [5, 5.41) is 0. The van der Waals surface area contributed by atoms with E-state index in [4.69, 9.17) is 27.5 Å². The summed E-state index contributed by atoms with van der Waals surface area (Å²) < 4.78 is 34.4. The Labute approximate surface area is 180 Å². The second kappa shape index (κ2) is 7.59. The van der Waals surface area contributed by atoms with Crippen molar-refractivity contribution in [1.29, 1.82) is 0 Å². The van der Waals surface area contributed by atoms with Crippen LogP contribution in [0, 0.1) is 13.8 Å². The summed E-state index contributed by atoms with van der Waals surface area (Å²) in [7, 11) is -0.771. The zero-order valence-electron chi connectivity index (χ0n) is 19.9. The van der Waals surface area contributed by atoms with Gasteiger partial charge in [0, 0.05) is 0 Å². The minimum atomic E-state index is -0.385. The maximum atomic E-state index is 5.85. The summed E-state index contributed by atoms with van der Waals surface area (Å²) in [6, 6.07) is 7.63. The zero-order valence-corrected chi connectivity index (χ0v) is 19.9. The lowest BCUT2D eigenvalue weighted by Crippen LogP contribution is -2.41. The fourth-order valence-electron chi connectivity index (χ4n) is 3.08. The van der Waals surface area contributed by atoms with Gasteiger partial charge in [-0.3, -0.25) is 0 Å². The number of hydrogen-bond acceptors (Lipinski definition) is 6. The molecule has 0 saturated carbocycles. The van der Waals surface area contributed by atoms with Crippen molar-refractivity contribution in [1.82, 2.24) is 0 Å². The first kappa shape index (κ1) is 23.2. The molecule has 2 aliphatic rings. The van der Waals surface area contributed by atoms with Gasteiger partial charge in [0.1, 0.15) is 11.3 Å². The van der Waals surface area contributed by atoms with Crippen LogP contribution in [0.25, 0.3) is 0 Å². The van der Waals surface area contributed by atoms with Crippen LogP contribution in [0.5, 0.6) is 0 Å². The van der Waals surface area contributed by atoms with Gasteiger partial charge in [0.2, 0.25) is 0 Å². The molecule has 6 nitrogen and oxygen atoms in total. The Morgan fingerprint density at radius 1 is 0.500 bits per heavy atom. The van der Waals surface area contributed by atoms with Crippen molar-refractivity contribution in [2.75, 3.05) is 0 Å². The van der Waals surface area contributed by atoms with Crippen molar-refractivity contribution in [3.8, 4) is 0 Å². The average Bonchev–Trinajstić information content (AvgIpc) is 3.29. The van der Waals surface area contributed by atoms with Gasteiger partial charge in [0.05, 0.1) is 33.9 Å². The van der Waals surface area contributed by atoms with Gasteiger partial charge in [0.15, 0.2) is 0 Å². The van der Waals surface area contributed by atoms with Crippen molar-refractivity contribution >= 4 is 25.6 Å². The predicted molar refractivity (Wildman–Crippen MR) is 118 cm³/mol. The largest absolute Gasteiger partial charge is 0.532 e. The molecule has 0 amide bonds. The average molecular weight is 416 g/mol. The van der Waals surface area contributed by atoms with E-state index in [1.165, 1.54) is 0 Å². The molecule has 2 aliphatic heterocycles. The first-order valence-electron chi connectivity index (χ1n) is 10.5. The van der Waals surface area contributed by atoms with Crippen LogP contribution in [0.2, 0.25) is 0 Å². The molecule has 2 fully saturated rings. The molecule has 0 unspecified atom stereocenters. The van der Waals surface area contributed by atoms with Gasteiger partial charge in [-0.05, 0) is 93.5 Å². The molecule has 0 bridgehead atoms. The van der Waals surface area contributed by atoms with Crippen LogP contribution in [-0.2, 0) is 18.6 Å². The molecule has 0 N–H and O–H groups in total. The maximum absolute atomic E-state index is 5.85. The second-order valence-electron chi connectivity index (χ2n) is 10.1. The second-order valence-corrected chi connectivity index (χ2v) is 10.1. The van der Waals surface area contributed by atoms with Crippen LogP contribution in [0.15, 0.2) is 33.1 Å². The number of hydrogen-bond donors (Lipinski definition) is 0. The molecule has 2 aromatic rings. The monoisotopic (exact) mass is 416 g/mol. The smallest absolute Gasteiger partial charge is 0.470 e. The Morgan fingerprint density at radius 3 is 0.967 bits per heavy atom. The normalized spacial score (nSPS) is 23.4. The van der Waals surface area contributed by atoms with E-state index < -0.39 is 0 Å². The van der Waals surface area contributed by atoms with Gasteiger partial charge in [0.25, 0.3) is 0 Å². The molecule has 0 radical (unpaired) electrons. The third kappa shape index (κ3) is 4.42. The lowest BCUT2D eigenvalue weighted by molar-refractivity contribution is 0.00578. The van der Waals surface area contributed by atoms with Crippen molar-refractivity contribution < 1.29 is 27.5 Å². The highest BCUT2D eigenvalue weighted by molar-refractivity contribution is 6.61. The van der Waals surface area contributed by atoms with Gasteiger partial charge < -0.3 is 27.5 Å². The van der Waals surface area contributed by atoms with Crippen LogP contribution in [0.1, 0.15) is 66.9 Å². The first-order valence-corrected chi connectivity index (χ1v) is 10.5. The summed E-state index contributed by atoms with van der Waals surface area (Å²) in [6.45, 7) is 20.1. The van der Waals surface area contributed by atoms with E-state index in [1.807, 2.05) is 93.5 Å². The predicted octanol–water partition coefficient (Wildman–Crippen LogP) is 3.77. The van der Waals surface area contributed by atoms with E-state index in [-0.39, 0.29) is 36.6 Å². The summed E-state index contributed by atoms with van der Waals surface area (Å²) in [4.78, 5) is 0. The third-order valence-electron chi connectivity index (χ3n) is 6.49. The zero-order chi connectivity index (χ0) is 22.5. The Hall–Kier alpha value is -1.47. The van der Waals surface area contributed by atoms with E-state index in [1.54, 1.807) is 0 Å². The number of rotatable bonds is 2. The third-order valence-corrected chi connectivity index (χ3v) is 6.49. The van der Waals surface area contributed by atoms with Gasteiger partial charge in [-0.15, -0.1) is 0 Å². The quantitative estimate of drug-likeness (QED) is 0.695. The lowest BCUT2D eigenvalue weighted by atomic mass is 9.86. The van der Waals surface area contributed by atoms with Gasteiger partial charge in [-0.1, -0.05) is 0 Å².